The van der Waals surface area contributed by atoms with Crippen molar-refractivity contribution in [2.24, 2.45) is 5.84 Å². The fourth-order valence-electron chi connectivity index (χ4n) is 2.05. The monoisotopic (exact) mass is 254 g/mol. The van der Waals surface area contributed by atoms with Crippen LogP contribution in [0.2, 0.25) is 0 Å². The maximum Gasteiger partial charge on any atom is 0.223 e. The number of thioether (sulfide) groups is 1. The molecule has 0 bridgehead atoms. The van der Waals surface area contributed by atoms with E-state index in [1.165, 1.54) is 0 Å². The van der Waals surface area contributed by atoms with Crippen LogP contribution in [-0.4, -0.2) is 33.6 Å². The molecule has 7 heteroatoms. The fourth-order valence-corrected chi connectivity index (χ4v) is 3.38. The summed E-state index contributed by atoms with van der Waals surface area (Å²) in [6.07, 6.45) is 0. The van der Waals surface area contributed by atoms with Crippen LogP contribution in [0.25, 0.3) is 0 Å². The number of nitrogens with one attached hydrogen (secondary N) is 1. The van der Waals surface area contributed by atoms with Gasteiger partial charge in [-0.25, -0.2) is 5.84 Å². The van der Waals surface area contributed by atoms with Gasteiger partial charge in [0.2, 0.25) is 5.95 Å². The Morgan fingerprint density at radius 1 is 1.35 bits per heavy atom. The summed E-state index contributed by atoms with van der Waals surface area (Å²) in [5.41, 5.74) is 8.17. The van der Waals surface area contributed by atoms with Gasteiger partial charge in [0.25, 0.3) is 0 Å². The largest absolute Gasteiger partial charge is 0.368 e. The van der Waals surface area contributed by atoms with Crippen LogP contribution in [-0.2, 0) is 0 Å². The van der Waals surface area contributed by atoms with Crippen molar-refractivity contribution in [1.82, 2.24) is 9.97 Å². The lowest BCUT2D eigenvalue weighted by molar-refractivity contribution is 0.718. The van der Waals surface area contributed by atoms with Gasteiger partial charge in [0.1, 0.15) is 11.6 Å². The molecule has 2 rings (SSSR count). The number of hydrogen-bond donors (Lipinski definition) is 3. The smallest absolute Gasteiger partial charge is 0.223 e. The van der Waals surface area contributed by atoms with Crippen LogP contribution < -0.4 is 21.9 Å². The summed E-state index contributed by atoms with van der Waals surface area (Å²) >= 11 is 2.00. The molecular formula is C10H18N6S. The highest BCUT2D eigenvalue weighted by Crippen LogP contribution is 2.28. The molecule has 94 valence electrons. The second-order valence-electron chi connectivity index (χ2n) is 4.28. The number of nitrogens with two attached hydrogens (primary N) is 2. The molecule has 6 nitrogen and oxygen atoms in total. The van der Waals surface area contributed by atoms with Gasteiger partial charge in [0.05, 0.1) is 0 Å². The molecule has 0 saturated carbocycles. The summed E-state index contributed by atoms with van der Waals surface area (Å²) < 4.78 is 0. The first-order valence-electron chi connectivity index (χ1n) is 5.60. The first-order valence-corrected chi connectivity index (χ1v) is 6.54. The third kappa shape index (κ3) is 2.92. The Kier molecular flexibility index (Phi) is 3.58. The molecule has 1 saturated heterocycles. The molecule has 1 aliphatic rings. The van der Waals surface area contributed by atoms with Gasteiger partial charge >= 0.3 is 0 Å². The normalized spacial score (nSPS) is 24.8. The highest BCUT2D eigenvalue weighted by atomic mass is 32.2. The number of aromatic nitrogens is 2. The maximum absolute atomic E-state index is 5.66. The maximum atomic E-state index is 5.66. The molecule has 0 spiro atoms. The molecule has 0 amide bonds. The van der Waals surface area contributed by atoms with Crippen LogP contribution >= 0.6 is 11.8 Å². The van der Waals surface area contributed by atoms with Crippen molar-refractivity contribution >= 4 is 29.3 Å². The van der Waals surface area contributed by atoms with Gasteiger partial charge in [0.15, 0.2) is 0 Å². The minimum Gasteiger partial charge on any atom is -0.368 e. The molecule has 5 N–H and O–H groups in total. The van der Waals surface area contributed by atoms with E-state index in [4.69, 9.17) is 11.6 Å². The lowest BCUT2D eigenvalue weighted by atomic mass is 10.3. The van der Waals surface area contributed by atoms with Crippen molar-refractivity contribution in [2.45, 2.75) is 24.3 Å². The van der Waals surface area contributed by atoms with Gasteiger partial charge < -0.3 is 16.1 Å². The predicted octanol–water partition coefficient (Wildman–Crippen LogP) is 0.675. The van der Waals surface area contributed by atoms with Gasteiger partial charge in [-0.3, -0.25) is 0 Å². The second kappa shape index (κ2) is 4.97. The Morgan fingerprint density at radius 3 is 2.59 bits per heavy atom. The first kappa shape index (κ1) is 12.3. The Labute approximate surface area is 105 Å². The van der Waals surface area contributed by atoms with Gasteiger partial charge in [0, 0.05) is 29.7 Å². The zero-order valence-electron chi connectivity index (χ0n) is 10.1. The zero-order chi connectivity index (χ0) is 12.4. The van der Waals surface area contributed by atoms with Crippen molar-refractivity contribution in [3.8, 4) is 0 Å². The number of hydrogen-bond acceptors (Lipinski definition) is 7. The lowest BCUT2D eigenvalue weighted by Crippen LogP contribution is -2.41. The molecule has 1 aliphatic heterocycles. The average molecular weight is 254 g/mol. The highest BCUT2D eigenvalue weighted by molar-refractivity contribution is 8.00. The molecule has 2 heterocycles. The van der Waals surface area contributed by atoms with Gasteiger partial charge in [-0.15, -0.1) is 0 Å². The number of nitrogen functional groups attached to an aromatic ring is 2. The Morgan fingerprint density at radius 2 is 2.00 bits per heavy atom. The Balaban J connectivity index is 2.23. The SMILES string of the molecule is CC1CN(c2cc(NN)nc(N)n2)CC(C)S1. The van der Waals surface area contributed by atoms with Crippen molar-refractivity contribution in [1.29, 1.82) is 0 Å². The zero-order valence-corrected chi connectivity index (χ0v) is 10.9. The van der Waals surface area contributed by atoms with E-state index >= 15 is 0 Å². The number of nitrogens with zero attached hydrogens (tertiary/aromatic N) is 3. The molecule has 0 aliphatic carbocycles. The lowest BCUT2D eigenvalue weighted by Gasteiger charge is -2.35. The second-order valence-corrected chi connectivity index (χ2v) is 6.16. The quantitative estimate of drug-likeness (QED) is 0.527. The summed E-state index contributed by atoms with van der Waals surface area (Å²) in [7, 11) is 0. The minimum atomic E-state index is 0.244. The summed E-state index contributed by atoms with van der Waals surface area (Å²) in [4.78, 5) is 10.5. The van der Waals surface area contributed by atoms with Crippen molar-refractivity contribution in [2.75, 3.05) is 29.1 Å². The van der Waals surface area contributed by atoms with Crippen LogP contribution in [0, 0.1) is 0 Å². The van der Waals surface area contributed by atoms with Crippen LogP contribution in [0.5, 0.6) is 0 Å². The molecule has 0 aromatic carbocycles. The first-order chi connectivity index (χ1) is 8.08. The molecule has 1 aromatic rings. The van der Waals surface area contributed by atoms with E-state index in [0.29, 0.717) is 16.3 Å². The summed E-state index contributed by atoms with van der Waals surface area (Å²) in [6.45, 7) is 6.38. The fraction of sp³-hybridized carbons (Fsp3) is 0.600. The number of rotatable bonds is 2. The van der Waals surface area contributed by atoms with E-state index in [9.17, 15) is 0 Å². The van der Waals surface area contributed by atoms with E-state index in [0.717, 1.165) is 18.9 Å². The van der Waals surface area contributed by atoms with Crippen LogP contribution in [0.15, 0.2) is 6.07 Å². The highest BCUT2D eigenvalue weighted by Gasteiger charge is 2.23. The molecule has 2 unspecified atom stereocenters. The summed E-state index contributed by atoms with van der Waals surface area (Å²) in [5, 5.41) is 1.17. The van der Waals surface area contributed by atoms with E-state index in [-0.39, 0.29) is 5.95 Å². The van der Waals surface area contributed by atoms with Crippen LogP contribution in [0.3, 0.4) is 0 Å². The van der Waals surface area contributed by atoms with Gasteiger partial charge in [-0.2, -0.15) is 21.7 Å². The standard InChI is InChI=1S/C10H18N6S/c1-6-4-16(5-7(2)17-6)9-3-8(15-12)13-10(11)14-9/h3,6-7H,4-5,12H2,1-2H3,(H3,11,13,14,15). The van der Waals surface area contributed by atoms with Crippen LogP contribution in [0.1, 0.15) is 13.8 Å². The topological polar surface area (TPSA) is 93.1 Å². The van der Waals surface area contributed by atoms with Crippen molar-refractivity contribution < 1.29 is 0 Å². The van der Waals surface area contributed by atoms with E-state index in [1.54, 1.807) is 0 Å². The molecule has 1 aromatic heterocycles. The third-order valence-electron chi connectivity index (χ3n) is 2.62. The third-order valence-corrected chi connectivity index (χ3v) is 3.85. The average Bonchev–Trinajstić information content (AvgIpc) is 2.26. The van der Waals surface area contributed by atoms with Gasteiger partial charge in [-0.05, 0) is 0 Å². The van der Waals surface area contributed by atoms with E-state index in [2.05, 4.69) is 34.1 Å². The molecule has 0 radical (unpaired) electrons. The van der Waals surface area contributed by atoms with Crippen molar-refractivity contribution in [3.05, 3.63) is 6.07 Å². The van der Waals surface area contributed by atoms with E-state index in [1.807, 2.05) is 17.8 Å². The van der Waals surface area contributed by atoms with Crippen LogP contribution in [0.4, 0.5) is 17.6 Å². The Hall–Kier alpha value is -1.21. The van der Waals surface area contributed by atoms with Crippen molar-refractivity contribution in [3.63, 3.8) is 0 Å². The molecular weight excluding hydrogens is 236 g/mol. The van der Waals surface area contributed by atoms with E-state index < -0.39 is 0 Å². The summed E-state index contributed by atoms with van der Waals surface area (Å²) in [5.74, 6) is 6.98. The number of anilines is 3. The molecule has 17 heavy (non-hydrogen) atoms. The predicted molar refractivity (Wildman–Crippen MR) is 73.0 cm³/mol. The minimum absolute atomic E-state index is 0.244. The van der Waals surface area contributed by atoms with Gasteiger partial charge in [-0.1, -0.05) is 13.8 Å². The molecule has 2 atom stereocenters. The summed E-state index contributed by atoms with van der Waals surface area (Å²) in [6, 6.07) is 1.83. The number of hydrazine groups is 1. The Bertz CT molecular complexity index is 388. The molecule has 1 fully saturated rings.